The first-order valence-electron chi connectivity index (χ1n) is 3.18. The summed E-state index contributed by atoms with van der Waals surface area (Å²) in [6.07, 6.45) is 0. The Morgan fingerprint density at radius 2 is 2.08 bits per heavy atom. The number of rotatable bonds is 0. The molecule has 0 saturated heterocycles. The number of hydrogen-bond acceptors (Lipinski definition) is 4. The molecule has 1 aromatic heterocycles. The van der Waals surface area contributed by atoms with Gasteiger partial charge in [0.15, 0.2) is 4.21 Å². The predicted molar refractivity (Wildman–Crippen MR) is 49.5 cm³/mol. The monoisotopic (exact) mass is 243 g/mol. The van der Waals surface area contributed by atoms with Crippen molar-refractivity contribution >= 4 is 65.0 Å². The molecule has 13 heavy (non-hydrogen) atoms. The molecule has 1 amide bonds. The summed E-state index contributed by atoms with van der Waals surface area (Å²) in [4.78, 5) is 11.8. The Morgan fingerprint density at radius 3 is 2.62 bits per heavy atom. The van der Waals surface area contributed by atoms with Crippen LogP contribution in [0, 0.1) is 6.92 Å². The smallest absolute Gasteiger partial charge is 0.268 e. The molecule has 0 atom stereocenters. The van der Waals surface area contributed by atoms with E-state index in [4.69, 9.17) is 0 Å². The van der Waals surface area contributed by atoms with Gasteiger partial charge in [0.05, 0.1) is 5.56 Å². The fraction of sp³-hybridized carbons (Fsp3) is 0.167. The van der Waals surface area contributed by atoms with E-state index in [0.717, 1.165) is 16.2 Å². The first-order valence-corrected chi connectivity index (χ1v) is 5.48. The standard InChI is InChI=1S/C6H5NO3S2.Ca/c1-3-2-4-5(8)7-12(9,10)6(4)11-3;/h2H,1H3,(H,7,8);. The number of carbonyl (C=O) groups is 1. The summed E-state index contributed by atoms with van der Waals surface area (Å²) in [6.45, 7) is 1.77. The number of thiophene rings is 1. The topological polar surface area (TPSA) is 63.2 Å². The van der Waals surface area contributed by atoms with Gasteiger partial charge in [0.1, 0.15) is 0 Å². The zero-order valence-electron chi connectivity index (χ0n) is 6.83. The number of carbonyl (C=O) groups excluding carboxylic acids is 1. The van der Waals surface area contributed by atoms with Crippen LogP contribution in [0.15, 0.2) is 10.3 Å². The predicted octanol–water partition coefficient (Wildman–Crippen LogP) is 0.108. The van der Waals surface area contributed by atoms with E-state index in [1.165, 1.54) is 0 Å². The molecule has 0 unspecified atom stereocenters. The van der Waals surface area contributed by atoms with Crippen molar-refractivity contribution in [1.29, 1.82) is 0 Å². The third-order valence-electron chi connectivity index (χ3n) is 1.54. The Balaban J connectivity index is 0.000000845. The minimum absolute atomic E-state index is 0. The second-order valence-electron chi connectivity index (χ2n) is 2.49. The number of aryl methyl sites for hydroxylation is 1. The fourth-order valence-electron chi connectivity index (χ4n) is 1.07. The van der Waals surface area contributed by atoms with Crippen LogP contribution in [0.3, 0.4) is 0 Å². The van der Waals surface area contributed by atoms with E-state index in [9.17, 15) is 13.2 Å². The second-order valence-corrected chi connectivity index (χ2v) is 5.63. The number of amides is 1. The molecule has 2 rings (SSSR count). The van der Waals surface area contributed by atoms with Crippen molar-refractivity contribution in [2.75, 3.05) is 0 Å². The molecule has 0 saturated carbocycles. The van der Waals surface area contributed by atoms with Crippen molar-refractivity contribution in [1.82, 2.24) is 4.72 Å². The SMILES string of the molecule is Cc1cc2c(s1)S(=O)(=O)NC2=O.[Ca]. The van der Waals surface area contributed by atoms with Gasteiger partial charge in [0, 0.05) is 42.6 Å². The van der Waals surface area contributed by atoms with Crippen LogP contribution in [0.25, 0.3) is 0 Å². The molecule has 0 fully saturated rings. The van der Waals surface area contributed by atoms with E-state index >= 15 is 0 Å². The van der Waals surface area contributed by atoms with Gasteiger partial charge in [-0.1, -0.05) is 0 Å². The molecular formula is C6H5CaNO3S2. The summed E-state index contributed by atoms with van der Waals surface area (Å²) in [5, 5.41) is 0. The summed E-state index contributed by atoms with van der Waals surface area (Å²) >= 11 is 1.12. The first-order chi connectivity index (χ1) is 5.50. The molecule has 1 aliphatic heterocycles. The summed E-state index contributed by atoms with van der Waals surface area (Å²) in [6, 6.07) is 1.58. The van der Waals surface area contributed by atoms with Crippen LogP contribution >= 0.6 is 11.3 Å². The molecule has 1 N–H and O–H groups in total. The molecule has 2 heterocycles. The number of nitrogens with one attached hydrogen (secondary N) is 1. The molecule has 7 heteroatoms. The molecule has 0 bridgehead atoms. The van der Waals surface area contributed by atoms with E-state index in [-0.39, 0.29) is 47.5 Å². The van der Waals surface area contributed by atoms with Gasteiger partial charge in [0.2, 0.25) is 0 Å². The van der Waals surface area contributed by atoms with Gasteiger partial charge in [-0.3, -0.25) is 4.79 Å². The molecule has 0 aliphatic carbocycles. The molecular weight excluding hydrogens is 238 g/mol. The molecule has 0 spiro atoms. The van der Waals surface area contributed by atoms with E-state index in [2.05, 4.69) is 0 Å². The van der Waals surface area contributed by atoms with Gasteiger partial charge >= 0.3 is 0 Å². The Labute approximate surface area is 109 Å². The molecule has 0 aromatic carbocycles. The fourth-order valence-corrected chi connectivity index (χ4v) is 3.65. The van der Waals surface area contributed by atoms with Crippen LogP contribution < -0.4 is 4.72 Å². The first kappa shape index (κ1) is 11.5. The van der Waals surface area contributed by atoms with E-state index in [1.807, 2.05) is 4.72 Å². The summed E-state index contributed by atoms with van der Waals surface area (Å²) in [7, 11) is -3.51. The zero-order valence-corrected chi connectivity index (χ0v) is 10.7. The van der Waals surface area contributed by atoms with Gasteiger partial charge in [-0.25, -0.2) is 13.1 Å². The second kappa shape index (κ2) is 3.51. The number of hydrogen-bond donors (Lipinski definition) is 1. The van der Waals surface area contributed by atoms with Crippen LogP contribution in [0.4, 0.5) is 0 Å². The number of fused-ring (bicyclic) bond motifs is 1. The average molecular weight is 243 g/mol. The van der Waals surface area contributed by atoms with Gasteiger partial charge < -0.3 is 0 Å². The van der Waals surface area contributed by atoms with E-state index < -0.39 is 15.9 Å². The van der Waals surface area contributed by atoms with E-state index in [1.54, 1.807) is 13.0 Å². The van der Waals surface area contributed by atoms with Crippen molar-refractivity contribution in [2.24, 2.45) is 0 Å². The zero-order chi connectivity index (χ0) is 8.93. The molecule has 2 radical (unpaired) electrons. The summed E-state index contributed by atoms with van der Waals surface area (Å²) in [5.41, 5.74) is 0.275. The molecule has 1 aromatic rings. The van der Waals surface area contributed by atoms with Crippen molar-refractivity contribution in [3.63, 3.8) is 0 Å². The van der Waals surface area contributed by atoms with Gasteiger partial charge in [-0.05, 0) is 13.0 Å². The minimum Gasteiger partial charge on any atom is -0.268 e. The molecule has 1 aliphatic rings. The van der Waals surface area contributed by atoms with Crippen molar-refractivity contribution in [2.45, 2.75) is 11.1 Å². The van der Waals surface area contributed by atoms with Gasteiger partial charge in [0.25, 0.3) is 15.9 Å². The van der Waals surface area contributed by atoms with Crippen LogP contribution in [-0.2, 0) is 10.0 Å². The summed E-state index contributed by atoms with van der Waals surface area (Å²) < 4.78 is 24.4. The Bertz CT molecular complexity index is 462. The maximum Gasteiger partial charge on any atom is 0.274 e. The normalized spacial score (nSPS) is 17.5. The van der Waals surface area contributed by atoms with Gasteiger partial charge in [-0.2, -0.15) is 0 Å². The van der Waals surface area contributed by atoms with Crippen molar-refractivity contribution in [3.05, 3.63) is 16.5 Å². The van der Waals surface area contributed by atoms with Crippen LogP contribution in [0.1, 0.15) is 15.2 Å². The average Bonchev–Trinajstić information content (AvgIpc) is 2.37. The van der Waals surface area contributed by atoms with E-state index in [0.29, 0.717) is 0 Å². The minimum atomic E-state index is -3.51. The maximum absolute atomic E-state index is 11.2. The Hall–Kier alpha value is 0.380. The van der Waals surface area contributed by atoms with Crippen LogP contribution in [0.2, 0.25) is 0 Å². The Kier molecular flexibility index (Phi) is 3.09. The van der Waals surface area contributed by atoms with Crippen molar-refractivity contribution in [3.8, 4) is 0 Å². The number of sulfonamides is 1. The maximum atomic E-state index is 11.2. The quantitative estimate of drug-likeness (QED) is 0.658. The third-order valence-corrected chi connectivity index (χ3v) is 4.45. The van der Waals surface area contributed by atoms with Crippen LogP contribution in [-0.4, -0.2) is 52.1 Å². The molecule has 66 valence electrons. The van der Waals surface area contributed by atoms with Crippen molar-refractivity contribution < 1.29 is 13.2 Å². The Morgan fingerprint density at radius 1 is 1.46 bits per heavy atom. The van der Waals surface area contributed by atoms with Gasteiger partial charge in [-0.15, -0.1) is 11.3 Å². The third kappa shape index (κ3) is 1.78. The molecule has 4 nitrogen and oxygen atoms in total. The van der Waals surface area contributed by atoms with Crippen LogP contribution in [0.5, 0.6) is 0 Å². The summed E-state index contributed by atoms with van der Waals surface area (Å²) in [5.74, 6) is -0.519. The largest absolute Gasteiger partial charge is 0.274 e.